The van der Waals surface area contributed by atoms with Gasteiger partial charge in [0.2, 0.25) is 0 Å². The van der Waals surface area contributed by atoms with Gasteiger partial charge in [0.25, 0.3) is 5.78 Å². The third kappa shape index (κ3) is 1.87. The third-order valence-electron chi connectivity index (χ3n) is 2.52. The summed E-state index contributed by atoms with van der Waals surface area (Å²) in [4.78, 5) is 12.1. The highest BCUT2D eigenvalue weighted by atomic mass is 79.9. The molecule has 0 saturated heterocycles. The topological polar surface area (TPSA) is 43.4 Å². The number of carbonyl (C=O) groups is 1. The Labute approximate surface area is 115 Å². The van der Waals surface area contributed by atoms with Crippen molar-refractivity contribution >= 4 is 44.3 Å². The molecule has 0 aliphatic rings. The highest BCUT2D eigenvalue weighted by molar-refractivity contribution is 9.10. The number of benzene rings is 1. The molecule has 2 aromatic heterocycles. The normalized spacial score (nSPS) is 11.0. The SMILES string of the molecule is O=C(c1ccc(Br)o1)c1cc2cccc(Cl)c2o1. The van der Waals surface area contributed by atoms with Crippen molar-refractivity contribution < 1.29 is 13.6 Å². The lowest BCUT2D eigenvalue weighted by Gasteiger charge is -1.91. The molecule has 0 spiro atoms. The van der Waals surface area contributed by atoms with E-state index in [0.29, 0.717) is 15.3 Å². The van der Waals surface area contributed by atoms with Crippen molar-refractivity contribution in [2.24, 2.45) is 0 Å². The van der Waals surface area contributed by atoms with E-state index >= 15 is 0 Å². The molecule has 3 aromatic rings. The maximum absolute atomic E-state index is 12.1. The predicted octanol–water partition coefficient (Wildman–Crippen LogP) is 4.67. The van der Waals surface area contributed by atoms with Gasteiger partial charge in [-0.1, -0.05) is 23.7 Å². The minimum atomic E-state index is -0.312. The second-order valence-electron chi connectivity index (χ2n) is 3.70. The number of carbonyl (C=O) groups excluding carboxylic acids is 1. The largest absolute Gasteiger partial charge is 0.451 e. The second kappa shape index (κ2) is 4.30. The van der Waals surface area contributed by atoms with Crippen LogP contribution < -0.4 is 0 Å². The summed E-state index contributed by atoms with van der Waals surface area (Å²) in [6, 6.07) is 10.2. The molecule has 1 aromatic carbocycles. The average Bonchev–Trinajstić information content (AvgIpc) is 2.95. The molecule has 0 aliphatic heterocycles. The Bertz CT molecular complexity index is 742. The Morgan fingerprint density at radius 2 is 1.94 bits per heavy atom. The summed E-state index contributed by atoms with van der Waals surface area (Å²) in [5.74, 6) is 0.116. The summed E-state index contributed by atoms with van der Waals surface area (Å²) in [7, 11) is 0. The average molecular weight is 326 g/mol. The Hall–Kier alpha value is -1.52. The van der Waals surface area contributed by atoms with E-state index in [9.17, 15) is 4.79 Å². The number of hydrogen-bond donors (Lipinski definition) is 0. The number of fused-ring (bicyclic) bond motifs is 1. The van der Waals surface area contributed by atoms with Gasteiger partial charge in [-0.25, -0.2) is 0 Å². The van der Waals surface area contributed by atoms with Crippen LogP contribution in [0.3, 0.4) is 0 Å². The Balaban J connectivity index is 2.10. The van der Waals surface area contributed by atoms with Gasteiger partial charge >= 0.3 is 0 Å². The van der Waals surface area contributed by atoms with Crippen LogP contribution >= 0.6 is 27.5 Å². The molecule has 0 unspecified atom stereocenters. The first kappa shape index (κ1) is 11.6. The first-order valence-electron chi connectivity index (χ1n) is 5.13. The fraction of sp³-hybridized carbons (Fsp3) is 0. The number of rotatable bonds is 2. The van der Waals surface area contributed by atoms with E-state index < -0.39 is 0 Å². The zero-order chi connectivity index (χ0) is 12.7. The molecule has 18 heavy (non-hydrogen) atoms. The van der Waals surface area contributed by atoms with Crippen molar-refractivity contribution in [1.29, 1.82) is 0 Å². The minimum absolute atomic E-state index is 0.208. The summed E-state index contributed by atoms with van der Waals surface area (Å²) in [6.45, 7) is 0. The number of furan rings is 2. The van der Waals surface area contributed by atoms with Crippen LogP contribution in [0.1, 0.15) is 16.3 Å². The predicted molar refractivity (Wildman–Crippen MR) is 71.1 cm³/mol. The summed E-state index contributed by atoms with van der Waals surface area (Å²) >= 11 is 9.14. The molecule has 0 amide bonds. The number of ketones is 1. The van der Waals surface area contributed by atoms with Gasteiger partial charge in [-0.2, -0.15) is 0 Å². The minimum Gasteiger partial charge on any atom is -0.451 e. The molecular weight excluding hydrogens is 319 g/mol. The first-order chi connectivity index (χ1) is 8.65. The molecule has 0 N–H and O–H groups in total. The van der Waals surface area contributed by atoms with Gasteiger partial charge in [-0.05, 0) is 40.2 Å². The summed E-state index contributed by atoms with van der Waals surface area (Å²) in [5.41, 5.74) is 0.508. The van der Waals surface area contributed by atoms with Gasteiger partial charge in [0.15, 0.2) is 21.8 Å². The van der Waals surface area contributed by atoms with Crippen LogP contribution in [0.5, 0.6) is 0 Å². The molecule has 0 fully saturated rings. The van der Waals surface area contributed by atoms with Crippen LogP contribution in [0, 0.1) is 0 Å². The van der Waals surface area contributed by atoms with Crippen LogP contribution in [0.25, 0.3) is 11.0 Å². The van der Waals surface area contributed by atoms with Gasteiger partial charge < -0.3 is 8.83 Å². The summed E-state index contributed by atoms with van der Waals surface area (Å²) in [6.07, 6.45) is 0. The summed E-state index contributed by atoms with van der Waals surface area (Å²) in [5, 5.41) is 1.27. The Morgan fingerprint density at radius 3 is 2.61 bits per heavy atom. The van der Waals surface area contributed by atoms with Crippen molar-refractivity contribution in [1.82, 2.24) is 0 Å². The highest BCUT2D eigenvalue weighted by Gasteiger charge is 2.18. The highest BCUT2D eigenvalue weighted by Crippen LogP contribution is 2.28. The van der Waals surface area contributed by atoms with Crippen LogP contribution in [0.15, 0.2) is 49.9 Å². The molecule has 90 valence electrons. The molecule has 0 bridgehead atoms. The van der Waals surface area contributed by atoms with Gasteiger partial charge in [0.1, 0.15) is 0 Å². The molecule has 0 radical (unpaired) electrons. The van der Waals surface area contributed by atoms with E-state index in [2.05, 4.69) is 15.9 Å². The fourth-order valence-corrected chi connectivity index (χ4v) is 2.22. The fourth-order valence-electron chi connectivity index (χ4n) is 1.70. The van der Waals surface area contributed by atoms with Crippen molar-refractivity contribution in [3.05, 3.63) is 57.6 Å². The zero-order valence-electron chi connectivity index (χ0n) is 8.94. The van der Waals surface area contributed by atoms with Gasteiger partial charge in [-0.3, -0.25) is 4.79 Å². The van der Waals surface area contributed by atoms with E-state index in [4.69, 9.17) is 20.4 Å². The van der Waals surface area contributed by atoms with E-state index in [1.807, 2.05) is 6.07 Å². The molecule has 3 rings (SSSR count). The van der Waals surface area contributed by atoms with Crippen LogP contribution in [0.2, 0.25) is 5.02 Å². The van der Waals surface area contributed by atoms with Crippen molar-refractivity contribution in [3.8, 4) is 0 Å². The lowest BCUT2D eigenvalue weighted by atomic mass is 10.2. The van der Waals surface area contributed by atoms with E-state index in [1.165, 1.54) is 0 Å². The quantitative estimate of drug-likeness (QED) is 0.643. The molecule has 3 nitrogen and oxygen atoms in total. The maximum Gasteiger partial charge on any atom is 0.263 e. The van der Waals surface area contributed by atoms with Crippen molar-refractivity contribution in [2.75, 3.05) is 0 Å². The maximum atomic E-state index is 12.1. The summed E-state index contributed by atoms with van der Waals surface area (Å²) < 4.78 is 11.2. The first-order valence-corrected chi connectivity index (χ1v) is 6.30. The molecule has 0 aliphatic carbocycles. The monoisotopic (exact) mass is 324 g/mol. The van der Waals surface area contributed by atoms with E-state index in [0.717, 1.165) is 5.39 Å². The second-order valence-corrected chi connectivity index (χ2v) is 4.89. The standard InChI is InChI=1S/C13H6BrClO3/c14-11-5-4-9(17-11)12(16)10-6-7-2-1-3-8(15)13(7)18-10/h1-6H. The Kier molecular flexibility index (Phi) is 2.76. The third-order valence-corrected chi connectivity index (χ3v) is 3.24. The number of halogens is 2. The van der Waals surface area contributed by atoms with E-state index in [1.54, 1.807) is 30.3 Å². The zero-order valence-corrected chi connectivity index (χ0v) is 11.3. The van der Waals surface area contributed by atoms with Crippen molar-refractivity contribution in [2.45, 2.75) is 0 Å². The van der Waals surface area contributed by atoms with Crippen LogP contribution in [-0.4, -0.2) is 5.78 Å². The molecule has 2 heterocycles. The number of hydrogen-bond acceptors (Lipinski definition) is 3. The lowest BCUT2D eigenvalue weighted by molar-refractivity contribution is 0.0984. The van der Waals surface area contributed by atoms with Gasteiger partial charge in [0.05, 0.1) is 5.02 Å². The van der Waals surface area contributed by atoms with Crippen LogP contribution in [0.4, 0.5) is 0 Å². The van der Waals surface area contributed by atoms with Gasteiger partial charge in [-0.15, -0.1) is 0 Å². The lowest BCUT2D eigenvalue weighted by Crippen LogP contribution is -1.96. The smallest absolute Gasteiger partial charge is 0.263 e. The molecule has 5 heteroatoms. The van der Waals surface area contributed by atoms with Crippen LogP contribution in [-0.2, 0) is 0 Å². The van der Waals surface area contributed by atoms with Gasteiger partial charge in [0, 0.05) is 5.39 Å². The molecule has 0 atom stereocenters. The number of para-hydroxylation sites is 1. The van der Waals surface area contributed by atoms with E-state index in [-0.39, 0.29) is 17.3 Å². The Morgan fingerprint density at radius 1 is 1.11 bits per heavy atom. The molecular formula is C13H6BrClO3. The van der Waals surface area contributed by atoms with Crippen molar-refractivity contribution in [3.63, 3.8) is 0 Å². The molecule has 0 saturated carbocycles.